The molecule has 5 atom stereocenters. The number of carbonyl (C=O) groups is 3. The van der Waals surface area contributed by atoms with Crippen LogP contribution in [0.15, 0.2) is 66.7 Å². The summed E-state index contributed by atoms with van der Waals surface area (Å²) in [4.78, 5) is 42.7. The maximum atomic E-state index is 15.0. The molecule has 1 aliphatic carbocycles. The van der Waals surface area contributed by atoms with Crippen molar-refractivity contribution in [2.75, 3.05) is 10.2 Å². The second-order valence-corrected chi connectivity index (χ2v) is 10.3. The largest absolute Gasteiger partial charge is 0.356 e. The summed E-state index contributed by atoms with van der Waals surface area (Å²) in [5, 5.41) is 5.97. The van der Waals surface area contributed by atoms with Crippen LogP contribution >= 0.6 is 0 Å². The predicted molar refractivity (Wildman–Crippen MR) is 131 cm³/mol. The van der Waals surface area contributed by atoms with E-state index < -0.39 is 40.8 Å². The normalized spacial score (nSPS) is 32.7. The minimum absolute atomic E-state index is 0.000804. The second-order valence-electron chi connectivity index (χ2n) is 10.3. The summed E-state index contributed by atoms with van der Waals surface area (Å²) < 4.78 is 21.5. The van der Waals surface area contributed by atoms with Gasteiger partial charge in [-0.1, -0.05) is 55.3 Å². The summed E-state index contributed by atoms with van der Waals surface area (Å²) in [6.07, 6.45) is 7.28. The van der Waals surface area contributed by atoms with E-state index in [2.05, 4.69) is 10.6 Å². The van der Waals surface area contributed by atoms with Crippen molar-refractivity contribution in [3.05, 3.63) is 72.6 Å². The van der Waals surface area contributed by atoms with E-state index in [4.69, 9.17) is 4.74 Å². The van der Waals surface area contributed by atoms with Crippen molar-refractivity contribution in [3.63, 3.8) is 0 Å². The van der Waals surface area contributed by atoms with Crippen molar-refractivity contribution in [3.8, 4) is 0 Å². The standard InChI is InChI=1S/C28H28FN3O4/c1-27-15-16-28(36-27)22(21(27)24(33)30-17-9-3-2-4-10-17)26(35)32(20-14-8-7-13-19(20)29)23(28)25(34)31-18-11-5-6-12-18/h2-4,7-10,13-16,18,21-23H,5-6,11-12H2,1H3,(H,30,33)(H,31,34)/t21-,22+,23-,27+,28-/m1/s1. The average molecular weight is 490 g/mol. The molecule has 7 nitrogen and oxygen atoms in total. The quantitative estimate of drug-likeness (QED) is 0.629. The Hall–Kier alpha value is -3.52. The van der Waals surface area contributed by atoms with Gasteiger partial charge >= 0.3 is 0 Å². The first-order chi connectivity index (χ1) is 17.3. The Labute approximate surface area is 208 Å². The third kappa shape index (κ3) is 3.31. The second kappa shape index (κ2) is 8.27. The van der Waals surface area contributed by atoms with Crippen LogP contribution in [0.4, 0.5) is 15.8 Å². The molecule has 3 heterocycles. The topological polar surface area (TPSA) is 87.7 Å². The zero-order valence-corrected chi connectivity index (χ0v) is 19.9. The van der Waals surface area contributed by atoms with Gasteiger partial charge < -0.3 is 15.4 Å². The Morgan fingerprint density at radius 1 is 1.00 bits per heavy atom. The van der Waals surface area contributed by atoms with Gasteiger partial charge in [-0.25, -0.2) is 4.39 Å². The molecule has 2 saturated heterocycles. The number of ether oxygens (including phenoxy) is 1. The highest BCUT2D eigenvalue weighted by atomic mass is 19.1. The fraction of sp³-hybridized carbons (Fsp3) is 0.393. The highest BCUT2D eigenvalue weighted by Crippen LogP contribution is 2.60. The fourth-order valence-corrected chi connectivity index (χ4v) is 6.53. The highest BCUT2D eigenvalue weighted by Gasteiger charge is 2.76. The minimum Gasteiger partial charge on any atom is -0.356 e. The molecule has 186 valence electrons. The van der Waals surface area contributed by atoms with Crippen LogP contribution in [0.3, 0.4) is 0 Å². The van der Waals surface area contributed by atoms with Gasteiger partial charge in [0, 0.05) is 11.7 Å². The van der Waals surface area contributed by atoms with Gasteiger partial charge in [0.05, 0.1) is 23.1 Å². The van der Waals surface area contributed by atoms with E-state index in [1.54, 1.807) is 49.4 Å². The Bertz CT molecular complexity index is 1260. The van der Waals surface area contributed by atoms with E-state index in [-0.39, 0.29) is 23.5 Å². The summed E-state index contributed by atoms with van der Waals surface area (Å²) in [5.41, 5.74) is -1.86. The Morgan fingerprint density at radius 3 is 2.42 bits per heavy atom. The number of carbonyl (C=O) groups excluding carboxylic acids is 3. The highest BCUT2D eigenvalue weighted by molar-refractivity contribution is 6.11. The molecule has 8 heteroatoms. The number of benzene rings is 2. The summed E-state index contributed by atoms with van der Waals surface area (Å²) in [7, 11) is 0. The number of para-hydroxylation sites is 2. The van der Waals surface area contributed by atoms with E-state index in [9.17, 15) is 14.4 Å². The van der Waals surface area contributed by atoms with E-state index in [1.165, 1.54) is 23.1 Å². The molecule has 2 aromatic carbocycles. The molecule has 4 aliphatic rings. The van der Waals surface area contributed by atoms with Crippen molar-refractivity contribution in [1.82, 2.24) is 5.32 Å². The van der Waals surface area contributed by atoms with Crippen molar-refractivity contribution >= 4 is 29.1 Å². The number of rotatable bonds is 5. The van der Waals surface area contributed by atoms with Gasteiger partial charge in [0.1, 0.15) is 17.5 Å². The van der Waals surface area contributed by atoms with Crippen LogP contribution in [-0.2, 0) is 19.1 Å². The number of anilines is 2. The Morgan fingerprint density at radius 2 is 1.69 bits per heavy atom. The van der Waals surface area contributed by atoms with Gasteiger partial charge in [-0.2, -0.15) is 0 Å². The fourth-order valence-electron chi connectivity index (χ4n) is 6.53. The van der Waals surface area contributed by atoms with Crippen molar-refractivity contribution < 1.29 is 23.5 Å². The van der Waals surface area contributed by atoms with Crippen molar-refractivity contribution in [2.45, 2.75) is 55.9 Å². The summed E-state index contributed by atoms with van der Waals surface area (Å²) in [5.74, 6) is -3.74. The molecule has 2 aromatic rings. The first-order valence-corrected chi connectivity index (χ1v) is 12.5. The van der Waals surface area contributed by atoms with E-state index in [1.807, 2.05) is 6.07 Å². The molecule has 2 N–H and O–H groups in total. The molecular formula is C28H28FN3O4. The number of nitrogens with one attached hydrogen (secondary N) is 2. The van der Waals surface area contributed by atoms with Crippen LogP contribution in [0.5, 0.6) is 0 Å². The third-order valence-electron chi connectivity index (χ3n) is 8.08. The lowest BCUT2D eigenvalue weighted by atomic mass is 9.70. The zero-order chi connectivity index (χ0) is 25.1. The monoisotopic (exact) mass is 489 g/mol. The zero-order valence-electron chi connectivity index (χ0n) is 19.9. The van der Waals surface area contributed by atoms with Gasteiger partial charge in [-0.3, -0.25) is 19.3 Å². The SMILES string of the molecule is C[C@@]12C=C[C@@]3(O1)[C@H](C(=O)N(c1ccccc1F)[C@@H]3C(=O)NC1CCCC1)[C@@H]2C(=O)Nc1ccccc1. The Kier molecular flexibility index (Phi) is 5.26. The molecule has 3 fully saturated rings. The first kappa shape index (κ1) is 22.9. The molecule has 6 rings (SSSR count). The van der Waals surface area contributed by atoms with Crippen LogP contribution in [0, 0.1) is 17.7 Å². The van der Waals surface area contributed by atoms with Crippen LogP contribution in [0.2, 0.25) is 0 Å². The van der Waals surface area contributed by atoms with E-state index >= 15 is 4.39 Å². The molecule has 1 spiro atoms. The van der Waals surface area contributed by atoms with Crippen LogP contribution in [0.1, 0.15) is 32.6 Å². The lowest BCUT2D eigenvalue weighted by molar-refractivity contribution is -0.131. The molecule has 0 aromatic heterocycles. The molecule has 3 aliphatic heterocycles. The number of nitrogens with zero attached hydrogens (tertiary/aromatic N) is 1. The molecule has 1 saturated carbocycles. The summed E-state index contributed by atoms with van der Waals surface area (Å²) >= 11 is 0. The Balaban J connectivity index is 1.42. The molecule has 36 heavy (non-hydrogen) atoms. The van der Waals surface area contributed by atoms with Crippen molar-refractivity contribution in [1.29, 1.82) is 0 Å². The van der Waals surface area contributed by atoms with Gasteiger partial charge in [0.15, 0.2) is 0 Å². The van der Waals surface area contributed by atoms with Crippen molar-refractivity contribution in [2.24, 2.45) is 11.8 Å². The molecular weight excluding hydrogens is 461 g/mol. The summed E-state index contributed by atoms with van der Waals surface area (Å²) in [6.45, 7) is 1.76. The average Bonchev–Trinajstić information content (AvgIpc) is 3.60. The summed E-state index contributed by atoms with van der Waals surface area (Å²) in [6, 6.07) is 13.7. The van der Waals surface area contributed by atoms with Crippen LogP contribution < -0.4 is 15.5 Å². The smallest absolute Gasteiger partial charge is 0.246 e. The maximum absolute atomic E-state index is 15.0. The molecule has 2 bridgehead atoms. The van der Waals surface area contributed by atoms with Gasteiger partial charge in [0.25, 0.3) is 0 Å². The maximum Gasteiger partial charge on any atom is 0.246 e. The molecule has 0 unspecified atom stereocenters. The number of hydrogen-bond donors (Lipinski definition) is 2. The number of hydrogen-bond acceptors (Lipinski definition) is 4. The van der Waals surface area contributed by atoms with E-state index in [0.29, 0.717) is 5.69 Å². The minimum atomic E-state index is -1.38. The number of amides is 3. The lowest BCUT2D eigenvalue weighted by Crippen LogP contribution is -2.56. The molecule has 0 radical (unpaired) electrons. The van der Waals surface area contributed by atoms with Gasteiger partial charge in [0.2, 0.25) is 17.7 Å². The van der Waals surface area contributed by atoms with E-state index in [0.717, 1.165) is 25.7 Å². The van der Waals surface area contributed by atoms with Crippen LogP contribution in [0.25, 0.3) is 0 Å². The van der Waals surface area contributed by atoms with Gasteiger partial charge in [-0.05, 0) is 44.0 Å². The number of fused-ring (bicyclic) bond motifs is 1. The number of halogens is 1. The van der Waals surface area contributed by atoms with Gasteiger partial charge in [-0.15, -0.1) is 0 Å². The predicted octanol–water partition coefficient (Wildman–Crippen LogP) is 3.57. The third-order valence-corrected chi connectivity index (χ3v) is 8.08. The van der Waals surface area contributed by atoms with Crippen LogP contribution in [-0.4, -0.2) is 41.0 Å². The lowest BCUT2D eigenvalue weighted by Gasteiger charge is -2.33. The molecule has 3 amide bonds. The first-order valence-electron chi connectivity index (χ1n) is 12.5.